The van der Waals surface area contributed by atoms with E-state index in [9.17, 15) is 0 Å². The fraction of sp³-hybridized carbons (Fsp3) is 0.294. The van der Waals surface area contributed by atoms with Gasteiger partial charge in [0.1, 0.15) is 11.3 Å². The third-order valence-corrected chi connectivity index (χ3v) is 4.71. The van der Waals surface area contributed by atoms with Crippen LogP contribution in [0, 0.1) is 0 Å². The molecule has 0 fully saturated rings. The van der Waals surface area contributed by atoms with Crippen LogP contribution in [0.1, 0.15) is 36.1 Å². The number of furan rings is 1. The lowest BCUT2D eigenvalue weighted by molar-refractivity contribution is 0.532. The summed E-state index contributed by atoms with van der Waals surface area (Å²) in [5, 5.41) is 6.96. The molecule has 2 nitrogen and oxygen atoms in total. The number of para-hydroxylation sites is 1. The molecule has 0 saturated heterocycles. The summed E-state index contributed by atoms with van der Waals surface area (Å²) in [5.74, 6) is 1.09. The zero-order valence-corrected chi connectivity index (χ0v) is 12.7. The van der Waals surface area contributed by atoms with Gasteiger partial charge in [-0.05, 0) is 24.4 Å². The summed E-state index contributed by atoms with van der Waals surface area (Å²) in [7, 11) is 0. The molecule has 2 heterocycles. The predicted octanol–water partition coefficient (Wildman–Crippen LogP) is 4.91. The lowest BCUT2D eigenvalue weighted by Gasteiger charge is -2.12. The van der Waals surface area contributed by atoms with Crippen LogP contribution in [0.5, 0.6) is 0 Å². The summed E-state index contributed by atoms with van der Waals surface area (Å²) in [6.07, 6.45) is 0.930. The fourth-order valence-electron chi connectivity index (χ4n) is 2.52. The van der Waals surface area contributed by atoms with Gasteiger partial charge in [-0.15, -0.1) is 11.3 Å². The number of nitrogens with one attached hydrogen (secondary N) is 1. The molecule has 0 aliphatic carbocycles. The molecule has 0 amide bonds. The number of benzene rings is 1. The summed E-state index contributed by atoms with van der Waals surface area (Å²) >= 11 is 1.80. The Hall–Kier alpha value is -1.58. The molecule has 1 aromatic carbocycles. The molecule has 104 valence electrons. The summed E-state index contributed by atoms with van der Waals surface area (Å²) in [6.45, 7) is 5.20. The topological polar surface area (TPSA) is 25.2 Å². The first-order valence-corrected chi connectivity index (χ1v) is 7.93. The van der Waals surface area contributed by atoms with Crippen LogP contribution in [0.3, 0.4) is 0 Å². The van der Waals surface area contributed by atoms with E-state index in [1.807, 2.05) is 12.1 Å². The highest BCUT2D eigenvalue weighted by Crippen LogP contribution is 2.27. The van der Waals surface area contributed by atoms with E-state index in [2.05, 4.69) is 48.8 Å². The van der Waals surface area contributed by atoms with Crippen LogP contribution in [0.4, 0.5) is 0 Å². The molecule has 0 spiro atoms. The lowest BCUT2D eigenvalue weighted by Crippen LogP contribution is -2.17. The smallest absolute Gasteiger partial charge is 0.134 e. The molecule has 0 aliphatic heterocycles. The predicted molar refractivity (Wildman–Crippen MR) is 85.2 cm³/mol. The molecule has 1 unspecified atom stereocenters. The van der Waals surface area contributed by atoms with Crippen molar-refractivity contribution in [1.29, 1.82) is 0 Å². The Morgan fingerprint density at radius 3 is 2.80 bits per heavy atom. The van der Waals surface area contributed by atoms with Crippen LogP contribution in [-0.4, -0.2) is 0 Å². The molecule has 0 aliphatic rings. The normalized spacial score (nSPS) is 12.9. The fourth-order valence-corrected chi connectivity index (χ4v) is 3.28. The molecule has 0 radical (unpaired) electrons. The van der Waals surface area contributed by atoms with Gasteiger partial charge in [0.15, 0.2) is 0 Å². The highest BCUT2D eigenvalue weighted by atomic mass is 32.1. The molecule has 2 aromatic heterocycles. The van der Waals surface area contributed by atoms with E-state index in [0.717, 1.165) is 24.3 Å². The van der Waals surface area contributed by atoms with Gasteiger partial charge in [0.2, 0.25) is 0 Å². The first-order valence-electron chi connectivity index (χ1n) is 7.05. The lowest BCUT2D eigenvalue weighted by atomic mass is 10.1. The van der Waals surface area contributed by atoms with E-state index in [1.54, 1.807) is 11.3 Å². The Bertz CT molecular complexity index is 684. The van der Waals surface area contributed by atoms with Crippen LogP contribution in [0.15, 0.2) is 46.2 Å². The van der Waals surface area contributed by atoms with Gasteiger partial charge < -0.3 is 9.73 Å². The van der Waals surface area contributed by atoms with E-state index < -0.39 is 0 Å². The number of hydrogen-bond acceptors (Lipinski definition) is 3. The Labute approximate surface area is 123 Å². The average Bonchev–Trinajstić information content (AvgIpc) is 3.12. The van der Waals surface area contributed by atoms with Gasteiger partial charge in [-0.3, -0.25) is 0 Å². The minimum atomic E-state index is 0.369. The van der Waals surface area contributed by atoms with Crippen molar-refractivity contribution in [3.63, 3.8) is 0 Å². The van der Waals surface area contributed by atoms with Gasteiger partial charge in [0.25, 0.3) is 0 Å². The summed E-state index contributed by atoms with van der Waals surface area (Å²) < 4.78 is 5.93. The maximum absolute atomic E-state index is 5.93. The molecule has 0 bridgehead atoms. The van der Waals surface area contributed by atoms with Crippen LogP contribution >= 0.6 is 11.3 Å². The van der Waals surface area contributed by atoms with Gasteiger partial charge >= 0.3 is 0 Å². The van der Waals surface area contributed by atoms with Crippen molar-refractivity contribution in [2.75, 3.05) is 0 Å². The van der Waals surface area contributed by atoms with Crippen LogP contribution < -0.4 is 5.32 Å². The number of rotatable bonds is 5. The SMILES string of the molecule is CCc1oc2ccccc2c1CNC(C)c1cccs1. The molecule has 3 rings (SSSR count). The second-order valence-corrected chi connectivity index (χ2v) is 5.95. The van der Waals surface area contributed by atoms with Crippen molar-refractivity contribution in [3.05, 3.63) is 58.0 Å². The van der Waals surface area contributed by atoms with Crippen molar-refractivity contribution in [2.45, 2.75) is 32.9 Å². The molecular weight excluding hydrogens is 266 g/mol. The average molecular weight is 285 g/mol. The van der Waals surface area contributed by atoms with Crippen molar-refractivity contribution < 1.29 is 4.42 Å². The monoisotopic (exact) mass is 285 g/mol. The maximum atomic E-state index is 5.93. The van der Waals surface area contributed by atoms with Crippen LogP contribution in [-0.2, 0) is 13.0 Å². The Kier molecular flexibility index (Phi) is 3.90. The van der Waals surface area contributed by atoms with Crippen molar-refractivity contribution in [3.8, 4) is 0 Å². The minimum absolute atomic E-state index is 0.369. The van der Waals surface area contributed by atoms with Crippen molar-refractivity contribution in [1.82, 2.24) is 5.32 Å². The second-order valence-electron chi connectivity index (χ2n) is 4.97. The minimum Gasteiger partial charge on any atom is -0.461 e. The maximum Gasteiger partial charge on any atom is 0.134 e. The molecule has 1 atom stereocenters. The van der Waals surface area contributed by atoms with E-state index in [1.165, 1.54) is 15.8 Å². The largest absolute Gasteiger partial charge is 0.461 e. The first kappa shape index (κ1) is 13.4. The summed E-state index contributed by atoms with van der Waals surface area (Å²) in [4.78, 5) is 1.37. The number of fused-ring (bicyclic) bond motifs is 1. The molecule has 0 saturated carbocycles. The zero-order valence-electron chi connectivity index (χ0n) is 11.8. The van der Waals surface area contributed by atoms with E-state index in [4.69, 9.17) is 4.42 Å². The number of hydrogen-bond donors (Lipinski definition) is 1. The molecular formula is C17H19NOS. The van der Waals surface area contributed by atoms with Gasteiger partial charge in [-0.2, -0.15) is 0 Å². The highest BCUT2D eigenvalue weighted by Gasteiger charge is 2.13. The van der Waals surface area contributed by atoms with Crippen molar-refractivity contribution in [2.24, 2.45) is 0 Å². The van der Waals surface area contributed by atoms with E-state index in [-0.39, 0.29) is 0 Å². The van der Waals surface area contributed by atoms with Gasteiger partial charge in [0.05, 0.1) is 0 Å². The second kappa shape index (κ2) is 5.81. The first-order chi connectivity index (χ1) is 9.79. The van der Waals surface area contributed by atoms with Gasteiger partial charge in [-0.1, -0.05) is 31.2 Å². The molecule has 3 aromatic rings. The third-order valence-electron chi connectivity index (χ3n) is 3.66. The Morgan fingerprint density at radius 1 is 1.20 bits per heavy atom. The molecule has 1 N–H and O–H groups in total. The molecule has 20 heavy (non-hydrogen) atoms. The van der Waals surface area contributed by atoms with Gasteiger partial charge in [0, 0.05) is 34.8 Å². The standard InChI is InChI=1S/C17H19NOS/c1-3-15-14(13-7-4-5-8-16(13)19-15)11-18-12(2)17-9-6-10-20-17/h4-10,12,18H,3,11H2,1-2H3. The highest BCUT2D eigenvalue weighted by molar-refractivity contribution is 7.10. The third kappa shape index (κ3) is 2.51. The number of thiophene rings is 1. The Morgan fingerprint density at radius 2 is 2.05 bits per heavy atom. The number of aryl methyl sites for hydroxylation is 1. The summed E-state index contributed by atoms with van der Waals surface area (Å²) in [6, 6.07) is 12.9. The zero-order chi connectivity index (χ0) is 13.9. The summed E-state index contributed by atoms with van der Waals surface area (Å²) in [5.41, 5.74) is 2.29. The van der Waals surface area contributed by atoms with E-state index in [0.29, 0.717) is 6.04 Å². The Balaban J connectivity index is 1.83. The van der Waals surface area contributed by atoms with E-state index >= 15 is 0 Å². The molecule has 3 heteroatoms. The van der Waals surface area contributed by atoms with Crippen LogP contribution in [0.2, 0.25) is 0 Å². The van der Waals surface area contributed by atoms with Crippen molar-refractivity contribution >= 4 is 22.3 Å². The van der Waals surface area contributed by atoms with Gasteiger partial charge in [-0.25, -0.2) is 0 Å². The van der Waals surface area contributed by atoms with Crippen LogP contribution in [0.25, 0.3) is 11.0 Å². The quantitative estimate of drug-likeness (QED) is 0.720.